The molecule has 0 atom stereocenters. The molecule has 2 heterocycles. The molecule has 0 N–H and O–H groups in total. The highest BCUT2D eigenvalue weighted by Crippen LogP contribution is 2.44. The lowest BCUT2D eigenvalue weighted by Gasteiger charge is -2.30. The van der Waals surface area contributed by atoms with Gasteiger partial charge in [0.05, 0.1) is 25.3 Å². The fraction of sp³-hybridized carbons (Fsp3) is 0.348. The summed E-state index contributed by atoms with van der Waals surface area (Å²) in [5.74, 6) is 3.20. The maximum absolute atomic E-state index is 12.8. The first-order valence-electron chi connectivity index (χ1n) is 9.55. The van der Waals surface area contributed by atoms with Crippen molar-refractivity contribution in [3.8, 4) is 23.0 Å². The van der Waals surface area contributed by atoms with Gasteiger partial charge in [0.15, 0.2) is 17.3 Å². The third-order valence-corrected chi connectivity index (χ3v) is 5.27. The third kappa shape index (κ3) is 3.34. The molecule has 6 heteroatoms. The summed E-state index contributed by atoms with van der Waals surface area (Å²) < 4.78 is 22.7. The summed E-state index contributed by atoms with van der Waals surface area (Å²) in [4.78, 5) is 14.9. The van der Waals surface area contributed by atoms with E-state index in [0.717, 1.165) is 28.0 Å². The van der Waals surface area contributed by atoms with E-state index in [0.29, 0.717) is 48.4 Å². The van der Waals surface area contributed by atoms with Crippen LogP contribution >= 0.6 is 0 Å². The SMILES string of the molecule is COc1ccc(CN2COc3cc(C)c4c(c3C2)OC(=C(C)C)C4=O)cc1OC. The molecule has 0 saturated heterocycles. The number of fused-ring (bicyclic) bond motifs is 3. The number of nitrogens with zero attached hydrogens (tertiary/aromatic N) is 1. The standard InChI is InChI=1S/C23H25NO5/c1-13(2)22-21(25)20-14(3)8-18-16(23(20)29-22)11-24(12-28-18)10-15-6-7-17(26-4)19(9-15)27-5/h6-9H,10-12H2,1-5H3. The van der Waals surface area contributed by atoms with Gasteiger partial charge in [-0.05, 0) is 55.7 Å². The van der Waals surface area contributed by atoms with Gasteiger partial charge in [0.2, 0.25) is 5.78 Å². The van der Waals surface area contributed by atoms with E-state index in [1.165, 1.54) is 0 Å². The summed E-state index contributed by atoms with van der Waals surface area (Å²) in [6.07, 6.45) is 0. The first kappa shape index (κ1) is 19.3. The zero-order valence-corrected chi connectivity index (χ0v) is 17.4. The molecule has 0 aromatic heterocycles. The quantitative estimate of drug-likeness (QED) is 0.722. The second-order valence-electron chi connectivity index (χ2n) is 7.58. The van der Waals surface area contributed by atoms with Crippen LogP contribution in [0, 0.1) is 6.92 Å². The van der Waals surface area contributed by atoms with Crippen molar-refractivity contribution < 1.29 is 23.7 Å². The van der Waals surface area contributed by atoms with Crippen LogP contribution in [0.2, 0.25) is 0 Å². The van der Waals surface area contributed by atoms with E-state index in [1.54, 1.807) is 14.2 Å². The van der Waals surface area contributed by atoms with Crippen molar-refractivity contribution in [2.75, 3.05) is 21.0 Å². The number of ketones is 1. The number of methoxy groups -OCH3 is 2. The monoisotopic (exact) mass is 395 g/mol. The van der Waals surface area contributed by atoms with Gasteiger partial charge in [-0.3, -0.25) is 9.69 Å². The van der Waals surface area contributed by atoms with Gasteiger partial charge in [-0.15, -0.1) is 0 Å². The van der Waals surface area contributed by atoms with Crippen LogP contribution in [0.15, 0.2) is 35.6 Å². The first-order valence-corrected chi connectivity index (χ1v) is 9.55. The molecule has 0 amide bonds. The Morgan fingerprint density at radius 3 is 2.59 bits per heavy atom. The van der Waals surface area contributed by atoms with Crippen LogP contribution in [-0.2, 0) is 13.1 Å². The molecule has 0 fully saturated rings. The smallest absolute Gasteiger partial charge is 0.232 e. The largest absolute Gasteiger partial charge is 0.493 e. The molecule has 29 heavy (non-hydrogen) atoms. The topological polar surface area (TPSA) is 57.2 Å². The number of benzene rings is 2. The predicted octanol–water partition coefficient (Wildman–Crippen LogP) is 4.23. The number of rotatable bonds is 4. The fourth-order valence-corrected chi connectivity index (χ4v) is 3.83. The number of aryl methyl sites for hydroxylation is 1. The molecule has 0 unspecified atom stereocenters. The minimum Gasteiger partial charge on any atom is -0.493 e. The summed E-state index contributed by atoms with van der Waals surface area (Å²) in [7, 11) is 3.25. The van der Waals surface area contributed by atoms with Gasteiger partial charge in [0, 0.05) is 13.1 Å². The van der Waals surface area contributed by atoms with Gasteiger partial charge in [0.1, 0.15) is 18.2 Å². The summed E-state index contributed by atoms with van der Waals surface area (Å²) in [6, 6.07) is 7.82. The Kier molecular flexibility index (Phi) is 4.96. The maximum atomic E-state index is 12.8. The Balaban J connectivity index is 1.63. The van der Waals surface area contributed by atoms with Crippen LogP contribution in [-0.4, -0.2) is 31.6 Å². The molecule has 2 aromatic carbocycles. The van der Waals surface area contributed by atoms with E-state index in [4.69, 9.17) is 18.9 Å². The first-order chi connectivity index (χ1) is 13.9. The Labute approximate surface area is 170 Å². The molecular weight excluding hydrogens is 370 g/mol. The summed E-state index contributed by atoms with van der Waals surface area (Å²) >= 11 is 0. The van der Waals surface area contributed by atoms with Gasteiger partial charge in [0.25, 0.3) is 0 Å². The number of hydrogen-bond acceptors (Lipinski definition) is 6. The van der Waals surface area contributed by atoms with Gasteiger partial charge in [-0.25, -0.2) is 0 Å². The number of allylic oxidation sites excluding steroid dienone is 2. The van der Waals surface area contributed by atoms with Crippen molar-refractivity contribution >= 4 is 5.78 Å². The Morgan fingerprint density at radius 2 is 1.90 bits per heavy atom. The predicted molar refractivity (Wildman–Crippen MR) is 109 cm³/mol. The molecule has 2 aliphatic rings. The molecule has 0 bridgehead atoms. The summed E-state index contributed by atoms with van der Waals surface area (Å²) in [5.41, 5.74) is 4.41. The van der Waals surface area contributed by atoms with Crippen LogP contribution in [0.1, 0.15) is 40.9 Å². The lowest BCUT2D eigenvalue weighted by molar-refractivity contribution is 0.0871. The number of hydrogen-bond donors (Lipinski definition) is 0. The highest BCUT2D eigenvalue weighted by Gasteiger charge is 2.35. The van der Waals surface area contributed by atoms with Crippen molar-refractivity contribution in [3.63, 3.8) is 0 Å². The molecule has 2 aromatic rings. The molecule has 0 spiro atoms. The molecule has 0 radical (unpaired) electrons. The number of ether oxygens (including phenoxy) is 4. The van der Waals surface area contributed by atoms with E-state index in [9.17, 15) is 4.79 Å². The molecule has 0 saturated carbocycles. The molecule has 152 valence electrons. The van der Waals surface area contributed by atoms with Crippen molar-refractivity contribution in [1.29, 1.82) is 0 Å². The van der Waals surface area contributed by atoms with Crippen molar-refractivity contribution in [2.24, 2.45) is 0 Å². The Hall–Kier alpha value is -2.99. The number of Topliss-reactive ketones (excluding diaryl/α,β-unsaturated/α-hetero) is 1. The molecule has 2 aliphatic heterocycles. The van der Waals surface area contributed by atoms with Crippen LogP contribution in [0.25, 0.3) is 0 Å². The minimum atomic E-state index is -0.0442. The van der Waals surface area contributed by atoms with Crippen LogP contribution < -0.4 is 18.9 Å². The number of carbonyl (C=O) groups is 1. The van der Waals surface area contributed by atoms with E-state index >= 15 is 0 Å². The lowest BCUT2D eigenvalue weighted by atomic mass is 9.98. The van der Waals surface area contributed by atoms with E-state index in [-0.39, 0.29) is 5.78 Å². The van der Waals surface area contributed by atoms with Crippen LogP contribution in [0.5, 0.6) is 23.0 Å². The summed E-state index contributed by atoms with van der Waals surface area (Å²) in [5, 5.41) is 0. The average molecular weight is 395 g/mol. The van der Waals surface area contributed by atoms with Crippen molar-refractivity contribution in [3.05, 3.63) is 57.9 Å². The van der Waals surface area contributed by atoms with Gasteiger partial charge >= 0.3 is 0 Å². The highest BCUT2D eigenvalue weighted by molar-refractivity contribution is 6.14. The fourth-order valence-electron chi connectivity index (χ4n) is 3.83. The van der Waals surface area contributed by atoms with E-state index < -0.39 is 0 Å². The lowest BCUT2D eigenvalue weighted by Crippen LogP contribution is -2.31. The van der Waals surface area contributed by atoms with Crippen molar-refractivity contribution in [1.82, 2.24) is 4.90 Å². The Bertz CT molecular complexity index is 1020. The second kappa shape index (κ2) is 7.44. The van der Waals surface area contributed by atoms with E-state index in [1.807, 2.05) is 45.0 Å². The zero-order valence-electron chi connectivity index (χ0n) is 17.4. The van der Waals surface area contributed by atoms with Crippen LogP contribution in [0.4, 0.5) is 0 Å². The van der Waals surface area contributed by atoms with Gasteiger partial charge in [-0.2, -0.15) is 0 Å². The normalized spacial score (nSPS) is 15.3. The zero-order chi connectivity index (χ0) is 20.7. The molecular formula is C23H25NO5. The Morgan fingerprint density at radius 1 is 1.14 bits per heavy atom. The molecule has 4 rings (SSSR count). The average Bonchev–Trinajstić information content (AvgIpc) is 3.07. The van der Waals surface area contributed by atoms with Gasteiger partial charge < -0.3 is 18.9 Å². The maximum Gasteiger partial charge on any atom is 0.232 e. The van der Waals surface area contributed by atoms with Gasteiger partial charge in [-0.1, -0.05) is 6.07 Å². The van der Waals surface area contributed by atoms with E-state index in [2.05, 4.69) is 4.90 Å². The molecule has 0 aliphatic carbocycles. The van der Waals surface area contributed by atoms with Crippen molar-refractivity contribution in [2.45, 2.75) is 33.9 Å². The minimum absolute atomic E-state index is 0.0442. The molecule has 6 nitrogen and oxygen atoms in total. The second-order valence-corrected chi connectivity index (χ2v) is 7.58. The summed E-state index contributed by atoms with van der Waals surface area (Å²) in [6.45, 7) is 7.47. The third-order valence-electron chi connectivity index (χ3n) is 5.27. The van der Waals surface area contributed by atoms with Crippen LogP contribution in [0.3, 0.4) is 0 Å². The highest BCUT2D eigenvalue weighted by atomic mass is 16.5. The number of carbonyl (C=O) groups excluding carboxylic acids is 1.